The van der Waals surface area contributed by atoms with Gasteiger partial charge in [0.2, 0.25) is 27.7 Å². The number of rotatable bonds is 12. The van der Waals surface area contributed by atoms with Crippen molar-refractivity contribution in [2.45, 2.75) is 160 Å². The van der Waals surface area contributed by atoms with Gasteiger partial charge in [0.25, 0.3) is 5.91 Å². The first-order chi connectivity index (χ1) is 25.3. The predicted molar refractivity (Wildman–Crippen MR) is 198 cm³/mol. The van der Waals surface area contributed by atoms with Gasteiger partial charge in [0.15, 0.2) is 6.10 Å². The smallest absolute Gasteiger partial charge is 0.408 e. The first-order valence-corrected chi connectivity index (χ1v) is 21.9. The Bertz CT molecular complexity index is 1660. The molecule has 14 nitrogen and oxygen atoms in total. The van der Waals surface area contributed by atoms with E-state index in [1.807, 2.05) is 27.7 Å². The maximum absolute atomic E-state index is 15.1. The van der Waals surface area contributed by atoms with E-state index < -0.39 is 68.2 Å². The Kier molecular flexibility index (Phi) is 9.91. The molecule has 5 saturated carbocycles. The summed E-state index contributed by atoms with van der Waals surface area (Å²) in [6.07, 6.45) is 8.76. The van der Waals surface area contributed by atoms with E-state index in [-0.39, 0.29) is 40.1 Å². The molecule has 54 heavy (non-hydrogen) atoms. The van der Waals surface area contributed by atoms with E-state index in [0.29, 0.717) is 51.9 Å². The normalized spacial score (nSPS) is 32.4. The van der Waals surface area contributed by atoms with Crippen LogP contribution < -0.4 is 20.7 Å². The molecule has 0 radical (unpaired) electrons. The molecule has 2 saturated heterocycles. The molecule has 6 atom stereocenters. The van der Waals surface area contributed by atoms with Crippen molar-refractivity contribution in [3.8, 4) is 0 Å². The summed E-state index contributed by atoms with van der Waals surface area (Å²) >= 11 is 0. The Morgan fingerprint density at radius 2 is 1.57 bits per heavy atom. The van der Waals surface area contributed by atoms with E-state index in [4.69, 9.17) is 9.47 Å². The first kappa shape index (κ1) is 39.3. The van der Waals surface area contributed by atoms with Crippen molar-refractivity contribution in [3.05, 3.63) is 0 Å². The maximum Gasteiger partial charge on any atom is 0.408 e. The van der Waals surface area contributed by atoms with Gasteiger partial charge < -0.3 is 30.3 Å². The molecule has 302 valence electrons. The average Bonchev–Trinajstić information content (AvgIpc) is 4.01. The number of alkyl carbamates (subject to hydrolysis) is 1. The average molecular weight is 776 g/mol. The summed E-state index contributed by atoms with van der Waals surface area (Å²) < 4.78 is 38.4. The largest absolute Gasteiger partial charge is 0.441 e. The van der Waals surface area contributed by atoms with Crippen LogP contribution in [0.15, 0.2) is 0 Å². The second kappa shape index (κ2) is 13.6. The lowest BCUT2D eigenvalue weighted by Crippen LogP contribution is -2.62. The van der Waals surface area contributed by atoms with E-state index >= 15 is 4.79 Å². The van der Waals surface area contributed by atoms with E-state index in [1.165, 1.54) is 0 Å². The first-order valence-electron chi connectivity index (χ1n) is 20.4. The lowest BCUT2D eigenvalue weighted by molar-refractivity contribution is -0.145. The van der Waals surface area contributed by atoms with Crippen LogP contribution in [-0.4, -0.2) is 97.8 Å². The number of hydrogen-bond donors (Lipinski definition) is 4. The molecular weight excluding hydrogens is 715 g/mol. The van der Waals surface area contributed by atoms with Gasteiger partial charge in [0, 0.05) is 12.0 Å². The quantitative estimate of drug-likeness (QED) is 0.231. The molecule has 5 amide bonds. The van der Waals surface area contributed by atoms with Gasteiger partial charge >= 0.3 is 6.09 Å². The molecule has 2 spiro atoms. The number of fused-ring (bicyclic) bond motifs is 1. The molecule has 0 aromatic heterocycles. The van der Waals surface area contributed by atoms with E-state index in [1.54, 1.807) is 4.90 Å². The van der Waals surface area contributed by atoms with Crippen LogP contribution in [0.4, 0.5) is 4.79 Å². The van der Waals surface area contributed by atoms with Crippen LogP contribution in [0.5, 0.6) is 0 Å². The van der Waals surface area contributed by atoms with Crippen molar-refractivity contribution in [1.29, 1.82) is 0 Å². The lowest BCUT2D eigenvalue weighted by atomic mass is 9.73. The second-order valence-corrected chi connectivity index (χ2v) is 21.1. The molecule has 0 bridgehead atoms. The van der Waals surface area contributed by atoms with Gasteiger partial charge in [-0.15, -0.1) is 0 Å². The van der Waals surface area contributed by atoms with E-state index in [9.17, 15) is 27.6 Å². The van der Waals surface area contributed by atoms with Gasteiger partial charge in [-0.2, -0.15) is 0 Å². The lowest BCUT2D eigenvalue weighted by Gasteiger charge is -2.38. The third-order valence-electron chi connectivity index (χ3n) is 14.9. The molecular formula is C39H61N5O9S. The molecule has 7 fully saturated rings. The number of hydrogen-bond acceptors (Lipinski definition) is 9. The van der Waals surface area contributed by atoms with Crippen molar-refractivity contribution in [1.82, 2.24) is 25.6 Å². The minimum atomic E-state index is -3.84. The summed E-state index contributed by atoms with van der Waals surface area (Å²) in [5, 5.41) is 8.26. The van der Waals surface area contributed by atoms with Gasteiger partial charge in [-0.05, 0) is 79.4 Å². The molecule has 2 aliphatic heterocycles. The summed E-state index contributed by atoms with van der Waals surface area (Å²) in [4.78, 5) is 72.2. The van der Waals surface area contributed by atoms with Gasteiger partial charge in [-0.1, -0.05) is 73.6 Å². The van der Waals surface area contributed by atoms with Crippen molar-refractivity contribution >= 4 is 39.7 Å². The third kappa shape index (κ3) is 6.50. The highest BCUT2D eigenvalue weighted by Crippen LogP contribution is 2.88. The number of carbonyl (C=O) groups is 5. The number of carbonyl (C=O) groups excluding carboxylic acids is 5. The Hall–Kier alpha value is -2.94. The SMILES string of the molecule is CC[C@@H]1C[C@]1(NC(=O)[C@@H]1C[C@@]2(CN1C(=O)[C@@H](NC(=O)[C@@H](NC(=O)OC1COC1)C1CCCCC1)C(C)(C)C)C(C)(C)C21CCC1)C(=O)NS(=O)(=O)C1CC1. The van der Waals surface area contributed by atoms with Crippen molar-refractivity contribution in [2.24, 2.45) is 33.5 Å². The molecule has 0 unspecified atom stereocenters. The highest BCUT2D eigenvalue weighted by atomic mass is 32.2. The van der Waals surface area contributed by atoms with Gasteiger partial charge in [-0.3, -0.25) is 23.9 Å². The third-order valence-corrected chi connectivity index (χ3v) is 16.7. The number of nitrogens with zero attached hydrogens (tertiary/aromatic N) is 1. The number of amides is 5. The summed E-state index contributed by atoms with van der Waals surface area (Å²) in [7, 11) is -3.84. The molecule has 2 heterocycles. The van der Waals surface area contributed by atoms with Crippen LogP contribution in [0.25, 0.3) is 0 Å². The Morgan fingerprint density at radius 3 is 2.07 bits per heavy atom. The number of ether oxygens (including phenoxy) is 2. The topological polar surface area (TPSA) is 189 Å². The highest BCUT2D eigenvalue weighted by molar-refractivity contribution is 7.91. The van der Waals surface area contributed by atoms with Crippen molar-refractivity contribution in [2.75, 3.05) is 19.8 Å². The highest BCUT2D eigenvalue weighted by Gasteiger charge is 2.85. The van der Waals surface area contributed by atoms with Gasteiger partial charge in [-0.25, -0.2) is 13.2 Å². The number of likely N-dealkylation sites (tertiary alicyclic amines) is 1. The monoisotopic (exact) mass is 775 g/mol. The molecule has 0 aromatic carbocycles. The number of sulfonamides is 1. The fourth-order valence-corrected chi connectivity index (χ4v) is 12.2. The fourth-order valence-electron chi connectivity index (χ4n) is 10.9. The van der Waals surface area contributed by atoms with Crippen LogP contribution in [0.1, 0.15) is 125 Å². The van der Waals surface area contributed by atoms with Crippen LogP contribution in [0.3, 0.4) is 0 Å². The second-order valence-electron chi connectivity index (χ2n) is 19.2. The maximum atomic E-state index is 15.1. The minimum absolute atomic E-state index is 0.00515. The zero-order valence-electron chi connectivity index (χ0n) is 32.9. The summed E-state index contributed by atoms with van der Waals surface area (Å²) in [6, 6.07) is -2.87. The van der Waals surface area contributed by atoms with Gasteiger partial charge in [0.1, 0.15) is 23.7 Å². The van der Waals surface area contributed by atoms with E-state index in [0.717, 1.165) is 51.4 Å². The fraction of sp³-hybridized carbons (Fsp3) is 0.872. The zero-order valence-corrected chi connectivity index (χ0v) is 33.7. The van der Waals surface area contributed by atoms with Crippen molar-refractivity contribution < 1.29 is 41.9 Å². The predicted octanol–water partition coefficient (Wildman–Crippen LogP) is 3.28. The van der Waals surface area contributed by atoms with Crippen LogP contribution >= 0.6 is 0 Å². The van der Waals surface area contributed by atoms with Crippen LogP contribution in [0.2, 0.25) is 0 Å². The Morgan fingerprint density at radius 1 is 0.907 bits per heavy atom. The molecule has 5 aliphatic carbocycles. The van der Waals surface area contributed by atoms with Gasteiger partial charge in [0.05, 0.1) is 18.5 Å². The zero-order chi connectivity index (χ0) is 39.1. The minimum Gasteiger partial charge on any atom is -0.441 e. The molecule has 0 aromatic rings. The molecule has 15 heteroatoms. The summed E-state index contributed by atoms with van der Waals surface area (Å²) in [5.41, 5.74) is -2.61. The Balaban J connectivity index is 1.14. The Labute approximate surface area is 319 Å². The summed E-state index contributed by atoms with van der Waals surface area (Å²) in [5.74, 6) is -2.41. The van der Waals surface area contributed by atoms with Crippen LogP contribution in [0, 0.1) is 33.5 Å². The van der Waals surface area contributed by atoms with Crippen LogP contribution in [-0.2, 0) is 38.7 Å². The molecule has 7 rings (SSSR count). The number of nitrogens with one attached hydrogen (secondary N) is 4. The van der Waals surface area contributed by atoms with E-state index in [2.05, 4.69) is 34.5 Å². The summed E-state index contributed by atoms with van der Waals surface area (Å²) in [6.45, 7) is 12.9. The van der Waals surface area contributed by atoms with Crippen molar-refractivity contribution in [3.63, 3.8) is 0 Å². The molecule has 4 N–H and O–H groups in total. The molecule has 7 aliphatic rings. The standard InChI is InChI=1S/C39H61N5O9S/c1-7-24-18-39(24,33(48)43-54(50,51)26-14-15-26)42-30(45)27-19-38(36(5,6)37(38)16-11-17-37)22-44(27)32(47)29(35(2,3)4)41-31(46)28(23-12-9-8-10-13-23)40-34(49)53-25-20-52-21-25/h23-29H,7-22H2,1-6H3,(H,40,49)(H,41,46)(H,42,45)(H,43,48)/t24-,27+,28+,29-,38-,39-/m1/s1.